The molecule has 1 saturated heterocycles. The number of carbonyl (C=O) groups excluding carboxylic acids is 1. The molecule has 0 N–H and O–H groups in total. The van der Waals surface area contributed by atoms with Crippen LogP contribution in [0.2, 0.25) is 0 Å². The molecule has 0 spiro atoms. The Morgan fingerprint density at radius 2 is 1.87 bits per heavy atom. The minimum atomic E-state index is -3.76. The molecule has 1 fully saturated rings. The summed E-state index contributed by atoms with van der Waals surface area (Å²) < 4.78 is 45.4. The van der Waals surface area contributed by atoms with E-state index in [0.717, 1.165) is 12.1 Å². The van der Waals surface area contributed by atoms with Crippen LogP contribution in [-0.4, -0.2) is 59.8 Å². The number of halogens is 1. The summed E-state index contributed by atoms with van der Waals surface area (Å²) in [6.45, 7) is 1.01. The topological polar surface area (TPSA) is 96.6 Å². The Morgan fingerprint density at radius 1 is 1.07 bits per heavy atom. The van der Waals surface area contributed by atoms with Gasteiger partial charge in [0.15, 0.2) is 11.5 Å². The Morgan fingerprint density at radius 3 is 2.60 bits per heavy atom. The summed E-state index contributed by atoms with van der Waals surface area (Å²) in [5, 5.41) is 3.86. The number of hydrogen-bond donors (Lipinski definition) is 0. The van der Waals surface area contributed by atoms with Gasteiger partial charge in [-0.15, -0.1) is 0 Å². The maximum Gasteiger partial charge on any atom is 0.276 e. The summed E-state index contributed by atoms with van der Waals surface area (Å²) in [6, 6.07) is 9.82. The Labute approximate surface area is 173 Å². The third-order valence-electron chi connectivity index (χ3n) is 4.87. The van der Waals surface area contributed by atoms with Crippen LogP contribution in [0.1, 0.15) is 16.9 Å². The quantitative estimate of drug-likeness (QED) is 0.631. The van der Waals surface area contributed by atoms with Crippen LogP contribution in [-0.2, 0) is 10.0 Å². The van der Waals surface area contributed by atoms with Gasteiger partial charge in [0, 0.05) is 50.2 Å². The molecule has 1 amide bonds. The van der Waals surface area contributed by atoms with Crippen molar-refractivity contribution in [2.45, 2.75) is 11.3 Å². The largest absolute Gasteiger partial charge is 0.355 e. The van der Waals surface area contributed by atoms with Crippen molar-refractivity contribution in [3.63, 3.8) is 0 Å². The predicted octanol–water partition coefficient (Wildman–Crippen LogP) is 2.41. The number of rotatable bonds is 4. The van der Waals surface area contributed by atoms with Crippen molar-refractivity contribution in [2.24, 2.45) is 0 Å². The Bertz CT molecular complexity index is 1130. The molecule has 0 atom stereocenters. The van der Waals surface area contributed by atoms with Crippen molar-refractivity contribution in [1.29, 1.82) is 0 Å². The van der Waals surface area contributed by atoms with Crippen molar-refractivity contribution in [2.75, 3.05) is 26.2 Å². The summed E-state index contributed by atoms with van der Waals surface area (Å²) in [6.07, 6.45) is 3.72. The van der Waals surface area contributed by atoms with Crippen molar-refractivity contribution in [3.05, 3.63) is 66.4 Å². The van der Waals surface area contributed by atoms with Gasteiger partial charge in [-0.1, -0.05) is 5.16 Å². The fourth-order valence-corrected chi connectivity index (χ4v) is 4.75. The molecule has 2 aromatic heterocycles. The maximum atomic E-state index is 13.1. The number of aromatic nitrogens is 2. The number of hydrogen-bond acceptors (Lipinski definition) is 6. The summed E-state index contributed by atoms with van der Waals surface area (Å²) in [4.78, 5) is 18.4. The zero-order chi connectivity index (χ0) is 21.1. The molecule has 3 heterocycles. The van der Waals surface area contributed by atoms with Gasteiger partial charge in [-0.2, -0.15) is 4.31 Å². The first-order valence-electron chi connectivity index (χ1n) is 9.37. The molecule has 30 heavy (non-hydrogen) atoms. The van der Waals surface area contributed by atoms with Crippen LogP contribution in [0, 0.1) is 5.82 Å². The van der Waals surface area contributed by atoms with E-state index < -0.39 is 15.8 Å². The first-order chi connectivity index (χ1) is 14.4. The molecule has 1 aliphatic rings. The molecular weight excluding hydrogens is 411 g/mol. The van der Waals surface area contributed by atoms with Gasteiger partial charge in [-0.3, -0.25) is 9.78 Å². The van der Waals surface area contributed by atoms with Crippen molar-refractivity contribution >= 4 is 15.9 Å². The SMILES string of the molecule is O=C(c1cc(-c2cccnc2)on1)N1CCCN(S(=O)(=O)c2ccc(F)cc2)CC1. The molecule has 3 aromatic rings. The molecule has 0 unspecified atom stereocenters. The Kier molecular flexibility index (Phi) is 5.60. The number of pyridine rings is 1. The second-order valence-corrected chi connectivity index (χ2v) is 8.76. The first-order valence-corrected chi connectivity index (χ1v) is 10.8. The van der Waals surface area contributed by atoms with Crippen LogP contribution in [0.4, 0.5) is 4.39 Å². The maximum absolute atomic E-state index is 13.1. The molecule has 0 bridgehead atoms. The van der Waals surface area contributed by atoms with E-state index in [-0.39, 0.29) is 36.1 Å². The summed E-state index contributed by atoms with van der Waals surface area (Å²) >= 11 is 0. The zero-order valence-electron chi connectivity index (χ0n) is 15.9. The van der Waals surface area contributed by atoms with Crippen LogP contribution in [0.3, 0.4) is 0 Å². The van der Waals surface area contributed by atoms with Crippen LogP contribution in [0.5, 0.6) is 0 Å². The molecule has 0 radical (unpaired) electrons. The van der Waals surface area contributed by atoms with Gasteiger partial charge in [0.25, 0.3) is 5.91 Å². The van der Waals surface area contributed by atoms with E-state index in [0.29, 0.717) is 24.3 Å². The highest BCUT2D eigenvalue weighted by Gasteiger charge is 2.29. The van der Waals surface area contributed by atoms with Gasteiger partial charge in [0.05, 0.1) is 4.90 Å². The highest BCUT2D eigenvalue weighted by Crippen LogP contribution is 2.21. The average Bonchev–Trinajstić information content (AvgIpc) is 3.11. The molecule has 0 aliphatic carbocycles. The van der Waals surface area contributed by atoms with Gasteiger partial charge in [-0.25, -0.2) is 12.8 Å². The van der Waals surface area contributed by atoms with Gasteiger partial charge in [-0.05, 0) is 42.8 Å². The first kappa shape index (κ1) is 20.2. The summed E-state index contributed by atoms with van der Waals surface area (Å²) in [7, 11) is -3.76. The number of sulfonamides is 1. The molecule has 0 saturated carbocycles. The van der Waals surface area contributed by atoms with Crippen LogP contribution >= 0.6 is 0 Å². The lowest BCUT2D eigenvalue weighted by Gasteiger charge is -2.21. The third kappa shape index (κ3) is 4.10. The summed E-state index contributed by atoms with van der Waals surface area (Å²) in [5.41, 5.74) is 0.861. The number of benzene rings is 1. The fraction of sp³-hybridized carbons (Fsp3) is 0.250. The number of amides is 1. The second kappa shape index (κ2) is 8.33. The predicted molar refractivity (Wildman–Crippen MR) is 105 cm³/mol. The molecule has 10 heteroatoms. The molecule has 1 aliphatic heterocycles. The van der Waals surface area contributed by atoms with E-state index in [1.54, 1.807) is 35.5 Å². The molecule has 4 rings (SSSR count). The molecule has 1 aromatic carbocycles. The number of nitrogens with zero attached hydrogens (tertiary/aromatic N) is 4. The molecular formula is C20H19FN4O4S. The highest BCUT2D eigenvalue weighted by atomic mass is 32.2. The van der Waals surface area contributed by atoms with Crippen molar-refractivity contribution in [1.82, 2.24) is 19.3 Å². The lowest BCUT2D eigenvalue weighted by atomic mass is 10.2. The van der Waals surface area contributed by atoms with E-state index in [4.69, 9.17) is 4.52 Å². The monoisotopic (exact) mass is 430 g/mol. The van der Waals surface area contributed by atoms with E-state index >= 15 is 0 Å². The van der Waals surface area contributed by atoms with Crippen LogP contribution in [0.15, 0.2) is 64.3 Å². The van der Waals surface area contributed by atoms with Gasteiger partial charge in [0.1, 0.15) is 5.82 Å². The molecule has 156 valence electrons. The second-order valence-electron chi connectivity index (χ2n) is 6.82. The fourth-order valence-electron chi connectivity index (χ4n) is 3.28. The smallest absolute Gasteiger partial charge is 0.276 e. The summed E-state index contributed by atoms with van der Waals surface area (Å²) in [5.74, 6) is -0.392. The standard InChI is InChI=1S/C20H19FN4O4S/c21-16-4-6-17(7-5-16)30(27,28)25-10-2-9-24(11-12-25)20(26)18-13-19(29-23-18)15-3-1-8-22-14-15/h1,3-8,13-14H,2,9-12H2. The number of carbonyl (C=O) groups is 1. The average molecular weight is 430 g/mol. The lowest BCUT2D eigenvalue weighted by Crippen LogP contribution is -2.37. The highest BCUT2D eigenvalue weighted by molar-refractivity contribution is 7.89. The van der Waals surface area contributed by atoms with Gasteiger partial charge >= 0.3 is 0 Å². The third-order valence-corrected chi connectivity index (χ3v) is 6.78. The van der Waals surface area contributed by atoms with E-state index in [2.05, 4.69) is 10.1 Å². The van der Waals surface area contributed by atoms with Gasteiger partial charge in [0.2, 0.25) is 10.0 Å². The van der Waals surface area contributed by atoms with Crippen LogP contribution < -0.4 is 0 Å². The van der Waals surface area contributed by atoms with E-state index in [1.165, 1.54) is 16.4 Å². The Hall–Kier alpha value is -3.11. The minimum absolute atomic E-state index is 0.0290. The molecule has 8 nitrogen and oxygen atoms in total. The van der Waals surface area contributed by atoms with Crippen molar-refractivity contribution in [3.8, 4) is 11.3 Å². The van der Waals surface area contributed by atoms with E-state index in [1.807, 2.05) is 0 Å². The Balaban J connectivity index is 1.46. The zero-order valence-corrected chi connectivity index (χ0v) is 16.8. The van der Waals surface area contributed by atoms with Gasteiger partial charge < -0.3 is 9.42 Å². The normalized spacial score (nSPS) is 15.7. The van der Waals surface area contributed by atoms with Crippen LogP contribution in [0.25, 0.3) is 11.3 Å². The van der Waals surface area contributed by atoms with E-state index in [9.17, 15) is 17.6 Å². The lowest BCUT2D eigenvalue weighted by molar-refractivity contribution is 0.0754. The van der Waals surface area contributed by atoms with Crippen molar-refractivity contribution < 1.29 is 22.1 Å². The minimum Gasteiger partial charge on any atom is -0.355 e.